The van der Waals surface area contributed by atoms with E-state index >= 15 is 0 Å². The Morgan fingerprint density at radius 3 is 2.67 bits per heavy atom. The summed E-state index contributed by atoms with van der Waals surface area (Å²) >= 11 is 3.04. The lowest BCUT2D eigenvalue weighted by molar-refractivity contribution is -0.385. The van der Waals surface area contributed by atoms with Crippen molar-refractivity contribution >= 4 is 33.5 Å². The zero-order valence-corrected chi connectivity index (χ0v) is 12.9. The van der Waals surface area contributed by atoms with Gasteiger partial charge in [-0.3, -0.25) is 19.7 Å². The Kier molecular flexibility index (Phi) is 6.29. The summed E-state index contributed by atoms with van der Waals surface area (Å²) < 4.78 is 0.293. The van der Waals surface area contributed by atoms with Crippen LogP contribution in [0, 0.1) is 16.0 Å². The third kappa shape index (κ3) is 5.14. The molecule has 8 heteroatoms. The Balaban J connectivity index is 2.74. The SMILES string of the molecule is CCC(CNC(=O)c1ccc(Br)c([N+](=O)[O-])c1)CC(=O)O. The fourth-order valence-corrected chi connectivity index (χ4v) is 2.13. The number of amides is 1. The van der Waals surface area contributed by atoms with Crippen LogP contribution in [0.25, 0.3) is 0 Å². The van der Waals surface area contributed by atoms with Crippen LogP contribution in [0.15, 0.2) is 22.7 Å². The third-order valence-electron chi connectivity index (χ3n) is 3.00. The Morgan fingerprint density at radius 1 is 1.48 bits per heavy atom. The summed E-state index contributed by atoms with van der Waals surface area (Å²) in [6, 6.07) is 4.07. The number of rotatable bonds is 7. The molecule has 2 N–H and O–H groups in total. The molecule has 0 aliphatic rings. The topological polar surface area (TPSA) is 110 Å². The molecule has 1 unspecified atom stereocenters. The number of carbonyl (C=O) groups is 2. The monoisotopic (exact) mass is 358 g/mol. The second kappa shape index (κ2) is 7.72. The number of hydrogen-bond donors (Lipinski definition) is 2. The van der Waals surface area contributed by atoms with Crippen molar-refractivity contribution in [3.05, 3.63) is 38.3 Å². The molecule has 114 valence electrons. The molecule has 1 rings (SSSR count). The van der Waals surface area contributed by atoms with Crippen LogP contribution in [0.1, 0.15) is 30.1 Å². The third-order valence-corrected chi connectivity index (χ3v) is 3.67. The summed E-state index contributed by atoms with van der Waals surface area (Å²) in [7, 11) is 0. The van der Waals surface area contributed by atoms with Crippen molar-refractivity contribution in [3.63, 3.8) is 0 Å². The Hall–Kier alpha value is -1.96. The molecule has 0 fully saturated rings. The van der Waals surface area contributed by atoms with Gasteiger partial charge in [0, 0.05) is 24.6 Å². The molecular weight excluding hydrogens is 344 g/mol. The van der Waals surface area contributed by atoms with Crippen molar-refractivity contribution in [2.75, 3.05) is 6.54 Å². The van der Waals surface area contributed by atoms with Crippen LogP contribution in [0.2, 0.25) is 0 Å². The fourth-order valence-electron chi connectivity index (χ4n) is 1.74. The first-order chi connectivity index (χ1) is 9.85. The van der Waals surface area contributed by atoms with E-state index in [4.69, 9.17) is 5.11 Å². The highest BCUT2D eigenvalue weighted by Gasteiger charge is 2.17. The Morgan fingerprint density at radius 2 is 2.14 bits per heavy atom. The van der Waals surface area contributed by atoms with Gasteiger partial charge in [0.15, 0.2) is 0 Å². The van der Waals surface area contributed by atoms with Gasteiger partial charge >= 0.3 is 5.97 Å². The van der Waals surface area contributed by atoms with Gasteiger partial charge in [0.25, 0.3) is 11.6 Å². The fraction of sp³-hybridized carbons (Fsp3) is 0.385. The minimum Gasteiger partial charge on any atom is -0.481 e. The van der Waals surface area contributed by atoms with Gasteiger partial charge in [-0.2, -0.15) is 0 Å². The largest absolute Gasteiger partial charge is 0.481 e. The molecule has 1 atom stereocenters. The highest BCUT2D eigenvalue weighted by atomic mass is 79.9. The molecule has 0 heterocycles. The number of benzene rings is 1. The molecule has 21 heavy (non-hydrogen) atoms. The quantitative estimate of drug-likeness (QED) is 0.574. The maximum atomic E-state index is 11.9. The number of hydrogen-bond acceptors (Lipinski definition) is 4. The van der Waals surface area contributed by atoms with Crippen molar-refractivity contribution < 1.29 is 19.6 Å². The maximum absolute atomic E-state index is 11.9. The molecule has 1 amide bonds. The van der Waals surface area contributed by atoms with Crippen molar-refractivity contribution in [2.45, 2.75) is 19.8 Å². The second-order valence-electron chi connectivity index (χ2n) is 4.51. The van der Waals surface area contributed by atoms with E-state index in [1.54, 1.807) is 0 Å². The highest BCUT2D eigenvalue weighted by molar-refractivity contribution is 9.10. The van der Waals surface area contributed by atoms with Crippen molar-refractivity contribution in [1.29, 1.82) is 0 Å². The minimum absolute atomic E-state index is 0.0305. The summed E-state index contributed by atoms with van der Waals surface area (Å²) in [4.78, 5) is 32.8. The molecule has 0 radical (unpaired) electrons. The molecule has 0 aliphatic carbocycles. The van der Waals surface area contributed by atoms with E-state index < -0.39 is 16.8 Å². The molecule has 0 saturated heterocycles. The number of halogens is 1. The van der Waals surface area contributed by atoms with E-state index in [0.717, 1.165) is 0 Å². The highest BCUT2D eigenvalue weighted by Crippen LogP contribution is 2.25. The Bertz CT molecular complexity index is 561. The zero-order valence-electron chi connectivity index (χ0n) is 11.3. The number of nitro groups is 1. The number of carboxylic acid groups (broad SMARTS) is 1. The maximum Gasteiger partial charge on any atom is 0.303 e. The van der Waals surface area contributed by atoms with E-state index in [1.165, 1.54) is 18.2 Å². The van der Waals surface area contributed by atoms with Crippen molar-refractivity contribution in [1.82, 2.24) is 5.32 Å². The van der Waals surface area contributed by atoms with Gasteiger partial charge in [-0.15, -0.1) is 0 Å². The smallest absolute Gasteiger partial charge is 0.303 e. The molecule has 7 nitrogen and oxygen atoms in total. The summed E-state index contributed by atoms with van der Waals surface area (Å²) in [6.45, 7) is 2.05. The minimum atomic E-state index is -0.921. The van der Waals surface area contributed by atoms with Gasteiger partial charge in [0.2, 0.25) is 0 Å². The van der Waals surface area contributed by atoms with E-state index in [9.17, 15) is 19.7 Å². The molecule has 1 aromatic carbocycles. The van der Waals surface area contributed by atoms with Crippen molar-refractivity contribution in [3.8, 4) is 0 Å². The predicted octanol–water partition coefficient (Wildman–Crippen LogP) is 2.59. The number of carbonyl (C=O) groups excluding carboxylic acids is 1. The summed E-state index contributed by atoms with van der Waals surface area (Å²) in [5.41, 5.74) is -0.0321. The molecule has 1 aromatic rings. The number of carboxylic acids is 1. The van der Waals surface area contributed by atoms with Gasteiger partial charge in [-0.05, 0) is 34.0 Å². The van der Waals surface area contributed by atoms with Crippen LogP contribution >= 0.6 is 15.9 Å². The molecule has 0 spiro atoms. The van der Waals surface area contributed by atoms with Crippen LogP contribution in [-0.4, -0.2) is 28.5 Å². The normalized spacial score (nSPS) is 11.7. The van der Waals surface area contributed by atoms with Crippen LogP contribution < -0.4 is 5.32 Å². The molecule has 0 saturated carbocycles. The molecule has 0 aliphatic heterocycles. The average molecular weight is 359 g/mol. The zero-order chi connectivity index (χ0) is 16.0. The number of nitro benzene ring substituents is 1. The average Bonchev–Trinajstić information content (AvgIpc) is 2.42. The van der Waals surface area contributed by atoms with Gasteiger partial charge in [-0.25, -0.2) is 0 Å². The Labute approximate surface area is 129 Å². The van der Waals surface area contributed by atoms with Crippen LogP contribution in [0.4, 0.5) is 5.69 Å². The lowest BCUT2D eigenvalue weighted by Crippen LogP contribution is -2.30. The second-order valence-corrected chi connectivity index (χ2v) is 5.36. The van der Waals surface area contributed by atoms with Crippen LogP contribution in [0.3, 0.4) is 0 Å². The summed E-state index contributed by atoms with van der Waals surface area (Å²) in [6.07, 6.45) is 0.588. The number of aliphatic carboxylic acids is 1. The summed E-state index contributed by atoms with van der Waals surface area (Å²) in [5.74, 6) is -1.55. The lowest BCUT2D eigenvalue weighted by atomic mass is 10.0. The number of nitrogens with zero attached hydrogens (tertiary/aromatic N) is 1. The first-order valence-electron chi connectivity index (χ1n) is 6.29. The van der Waals surface area contributed by atoms with Crippen LogP contribution in [-0.2, 0) is 4.79 Å². The molecular formula is C13H15BrN2O5. The van der Waals surface area contributed by atoms with Crippen LogP contribution in [0.5, 0.6) is 0 Å². The van der Waals surface area contributed by atoms with E-state index in [0.29, 0.717) is 10.9 Å². The van der Waals surface area contributed by atoms with Gasteiger partial charge in [0.05, 0.1) is 9.40 Å². The van der Waals surface area contributed by atoms with Gasteiger partial charge in [0.1, 0.15) is 0 Å². The number of nitrogens with one attached hydrogen (secondary N) is 1. The lowest BCUT2D eigenvalue weighted by Gasteiger charge is -2.13. The van der Waals surface area contributed by atoms with Crippen molar-refractivity contribution in [2.24, 2.45) is 5.92 Å². The van der Waals surface area contributed by atoms with Gasteiger partial charge in [-0.1, -0.05) is 13.3 Å². The first-order valence-corrected chi connectivity index (χ1v) is 7.08. The van der Waals surface area contributed by atoms with E-state index in [-0.39, 0.29) is 30.1 Å². The van der Waals surface area contributed by atoms with Gasteiger partial charge < -0.3 is 10.4 Å². The molecule has 0 bridgehead atoms. The van der Waals surface area contributed by atoms with E-state index in [1.807, 2.05) is 6.92 Å². The van der Waals surface area contributed by atoms with E-state index in [2.05, 4.69) is 21.2 Å². The first kappa shape index (κ1) is 17.1. The standard InChI is InChI=1S/C13H15BrN2O5/c1-2-8(5-12(17)18)7-15-13(19)9-3-4-10(14)11(6-9)16(20)21/h3-4,6,8H,2,5,7H2,1H3,(H,15,19)(H,17,18). The molecule has 0 aromatic heterocycles. The summed E-state index contributed by atoms with van der Waals surface area (Å²) in [5, 5.41) is 22.1. The predicted molar refractivity (Wildman–Crippen MR) is 79.2 cm³/mol.